The van der Waals surface area contributed by atoms with E-state index in [4.69, 9.17) is 0 Å². The molecule has 0 aliphatic carbocycles. The van der Waals surface area contributed by atoms with Crippen LogP contribution in [0.4, 0.5) is 0 Å². The van der Waals surface area contributed by atoms with Crippen LogP contribution in [0.1, 0.15) is 33.1 Å². The van der Waals surface area contributed by atoms with Gasteiger partial charge in [-0.2, -0.15) is 11.8 Å². The molecule has 1 aliphatic rings. The van der Waals surface area contributed by atoms with E-state index in [0.29, 0.717) is 17.5 Å². The summed E-state index contributed by atoms with van der Waals surface area (Å²) in [5.41, 5.74) is 0. The summed E-state index contributed by atoms with van der Waals surface area (Å²) in [5.74, 6) is 8.52. The van der Waals surface area contributed by atoms with Gasteiger partial charge < -0.3 is 0 Å². The van der Waals surface area contributed by atoms with Crippen LogP contribution in [0.25, 0.3) is 0 Å². The molecule has 15 heavy (non-hydrogen) atoms. The predicted octanol–water partition coefficient (Wildman–Crippen LogP) is 2.99. The molecule has 2 atom stereocenters. The highest BCUT2D eigenvalue weighted by Crippen LogP contribution is 2.34. The smallest absolute Gasteiger partial charge is 0.147 e. The van der Waals surface area contributed by atoms with Crippen LogP contribution in [0.3, 0.4) is 0 Å². The van der Waals surface area contributed by atoms with Crippen LogP contribution in [0.15, 0.2) is 0 Å². The quantitative estimate of drug-likeness (QED) is 0.706. The lowest BCUT2D eigenvalue weighted by molar-refractivity contribution is -0.118. The maximum Gasteiger partial charge on any atom is 0.147 e. The van der Waals surface area contributed by atoms with Crippen molar-refractivity contribution >= 4 is 29.3 Å². The Hall–Kier alpha value is -0.0700. The summed E-state index contributed by atoms with van der Waals surface area (Å²) in [6, 6.07) is 0. The molecule has 0 bridgehead atoms. The van der Waals surface area contributed by atoms with Gasteiger partial charge in [-0.25, -0.2) is 0 Å². The largest absolute Gasteiger partial charge is 0.298 e. The summed E-state index contributed by atoms with van der Waals surface area (Å²) in [7, 11) is 0. The number of Topliss-reactive ketones (excluding diaryl/α,β-unsaturated/α-hetero) is 1. The minimum atomic E-state index is 0.229. The van der Waals surface area contributed by atoms with Crippen molar-refractivity contribution < 1.29 is 4.79 Å². The Balaban J connectivity index is 2.43. The first-order valence-corrected chi connectivity index (χ1v) is 7.54. The van der Waals surface area contributed by atoms with Gasteiger partial charge in [0.15, 0.2) is 0 Å². The van der Waals surface area contributed by atoms with Gasteiger partial charge in [-0.3, -0.25) is 4.79 Å². The third-order valence-electron chi connectivity index (χ3n) is 2.44. The zero-order chi connectivity index (χ0) is 11.1. The Kier molecular flexibility index (Phi) is 6.28. The van der Waals surface area contributed by atoms with Crippen LogP contribution in [0, 0.1) is 11.8 Å². The minimum Gasteiger partial charge on any atom is -0.298 e. The van der Waals surface area contributed by atoms with Crippen molar-refractivity contribution in [2.24, 2.45) is 0 Å². The number of hydrogen-bond acceptors (Lipinski definition) is 3. The first-order valence-electron chi connectivity index (χ1n) is 5.45. The van der Waals surface area contributed by atoms with E-state index in [0.717, 1.165) is 18.6 Å². The summed E-state index contributed by atoms with van der Waals surface area (Å²) in [6.45, 7) is 4.00. The van der Waals surface area contributed by atoms with Crippen LogP contribution in [-0.2, 0) is 4.79 Å². The number of carbonyl (C=O) groups is 1. The second-order valence-electron chi connectivity index (χ2n) is 3.50. The van der Waals surface area contributed by atoms with Crippen molar-refractivity contribution in [3.63, 3.8) is 0 Å². The molecule has 0 aromatic heterocycles. The first kappa shape index (κ1) is 13.0. The third kappa shape index (κ3) is 4.12. The molecule has 0 aromatic rings. The van der Waals surface area contributed by atoms with Gasteiger partial charge in [0.25, 0.3) is 0 Å². The lowest BCUT2D eigenvalue weighted by Gasteiger charge is -2.28. The van der Waals surface area contributed by atoms with Crippen molar-refractivity contribution in [3.05, 3.63) is 0 Å². The molecule has 84 valence electrons. The number of carbonyl (C=O) groups excluding carboxylic acids is 1. The van der Waals surface area contributed by atoms with Gasteiger partial charge in [-0.15, -0.1) is 23.6 Å². The molecule has 3 heteroatoms. The number of thioether (sulfide) groups is 2. The second-order valence-corrected chi connectivity index (χ2v) is 6.10. The topological polar surface area (TPSA) is 17.1 Å². The average molecular weight is 242 g/mol. The maximum absolute atomic E-state index is 11.9. The molecule has 2 unspecified atom stereocenters. The van der Waals surface area contributed by atoms with Crippen molar-refractivity contribution in [3.8, 4) is 11.8 Å². The van der Waals surface area contributed by atoms with Gasteiger partial charge in [-0.1, -0.05) is 6.92 Å². The zero-order valence-electron chi connectivity index (χ0n) is 9.41. The van der Waals surface area contributed by atoms with Crippen molar-refractivity contribution in [1.29, 1.82) is 0 Å². The van der Waals surface area contributed by atoms with Gasteiger partial charge in [0.1, 0.15) is 5.78 Å². The van der Waals surface area contributed by atoms with Crippen LogP contribution in [0.2, 0.25) is 0 Å². The SMILES string of the molecule is CC#CCCC(=O)C1SCCSC1CC. The van der Waals surface area contributed by atoms with Gasteiger partial charge in [-0.05, 0) is 13.3 Å². The Morgan fingerprint density at radius 2 is 2.13 bits per heavy atom. The van der Waals surface area contributed by atoms with Crippen molar-refractivity contribution in [2.45, 2.75) is 43.6 Å². The molecule has 0 N–H and O–H groups in total. The summed E-state index contributed by atoms with van der Waals surface area (Å²) in [5, 5.41) is 0.762. The van der Waals surface area contributed by atoms with E-state index in [1.165, 1.54) is 5.75 Å². The van der Waals surface area contributed by atoms with Gasteiger partial charge in [0.2, 0.25) is 0 Å². The Bertz CT molecular complexity index is 265. The standard InChI is InChI=1S/C12H18OS2/c1-3-5-6-7-10(13)12-11(4-2)14-8-9-15-12/h11-12H,4,6-9H2,1-2H3. The lowest BCUT2D eigenvalue weighted by atomic mass is 10.1. The molecule has 0 spiro atoms. The van der Waals surface area contributed by atoms with E-state index in [1.807, 2.05) is 30.4 Å². The van der Waals surface area contributed by atoms with Gasteiger partial charge in [0, 0.05) is 29.6 Å². The van der Waals surface area contributed by atoms with E-state index in [1.54, 1.807) is 0 Å². The van der Waals surface area contributed by atoms with Crippen LogP contribution < -0.4 is 0 Å². The Morgan fingerprint density at radius 3 is 2.80 bits per heavy atom. The lowest BCUT2D eigenvalue weighted by Crippen LogP contribution is -2.32. The average Bonchev–Trinajstić information content (AvgIpc) is 2.29. The summed E-state index contributed by atoms with van der Waals surface area (Å²) in [6.07, 6.45) is 2.47. The fraction of sp³-hybridized carbons (Fsp3) is 0.750. The summed E-state index contributed by atoms with van der Waals surface area (Å²) < 4.78 is 0. The molecule has 0 radical (unpaired) electrons. The van der Waals surface area contributed by atoms with Gasteiger partial charge in [0.05, 0.1) is 5.25 Å². The van der Waals surface area contributed by atoms with E-state index in [-0.39, 0.29) is 5.25 Å². The second kappa shape index (κ2) is 7.24. The molecule has 0 aromatic carbocycles. The number of hydrogen-bond donors (Lipinski definition) is 0. The monoisotopic (exact) mass is 242 g/mol. The van der Waals surface area contributed by atoms with Gasteiger partial charge >= 0.3 is 0 Å². The number of ketones is 1. The fourth-order valence-corrected chi connectivity index (χ4v) is 4.73. The molecule has 1 rings (SSSR count). The minimum absolute atomic E-state index is 0.229. The van der Waals surface area contributed by atoms with Crippen LogP contribution in [-0.4, -0.2) is 27.8 Å². The fourth-order valence-electron chi connectivity index (χ4n) is 1.65. The highest BCUT2D eigenvalue weighted by Gasteiger charge is 2.29. The molecule has 1 saturated heterocycles. The zero-order valence-corrected chi connectivity index (χ0v) is 11.0. The summed E-state index contributed by atoms with van der Waals surface area (Å²) in [4.78, 5) is 11.9. The van der Waals surface area contributed by atoms with E-state index >= 15 is 0 Å². The van der Waals surface area contributed by atoms with Crippen molar-refractivity contribution in [1.82, 2.24) is 0 Å². The van der Waals surface area contributed by atoms with Crippen LogP contribution >= 0.6 is 23.5 Å². The maximum atomic E-state index is 11.9. The normalized spacial score (nSPS) is 25.5. The molecule has 0 amide bonds. The highest BCUT2D eigenvalue weighted by atomic mass is 32.2. The molecule has 1 fully saturated rings. The molecular formula is C12H18OS2. The van der Waals surface area contributed by atoms with Crippen molar-refractivity contribution in [2.75, 3.05) is 11.5 Å². The van der Waals surface area contributed by atoms with E-state index in [9.17, 15) is 4.79 Å². The molecule has 1 aliphatic heterocycles. The molecule has 1 heterocycles. The predicted molar refractivity (Wildman–Crippen MR) is 70.5 cm³/mol. The van der Waals surface area contributed by atoms with E-state index < -0.39 is 0 Å². The highest BCUT2D eigenvalue weighted by molar-refractivity contribution is 8.07. The molecule has 0 saturated carbocycles. The third-order valence-corrected chi connectivity index (χ3v) is 5.74. The Morgan fingerprint density at radius 1 is 1.40 bits per heavy atom. The van der Waals surface area contributed by atoms with E-state index in [2.05, 4.69) is 18.8 Å². The summed E-state index contributed by atoms with van der Waals surface area (Å²) >= 11 is 3.80. The molecule has 1 nitrogen and oxygen atoms in total. The Labute approximate surface area is 101 Å². The first-order chi connectivity index (χ1) is 7.29. The molecular weight excluding hydrogens is 224 g/mol. The number of rotatable bonds is 4. The van der Waals surface area contributed by atoms with Crippen LogP contribution in [0.5, 0.6) is 0 Å².